The van der Waals surface area contributed by atoms with E-state index in [2.05, 4.69) is 29.9 Å². The van der Waals surface area contributed by atoms with Gasteiger partial charge < -0.3 is 5.32 Å². The average molecular weight is 190 g/mol. The van der Waals surface area contributed by atoms with Crippen LogP contribution in [0.5, 0.6) is 0 Å². The number of nitrogens with zero attached hydrogens (tertiary/aromatic N) is 1. The number of anilines is 1. The van der Waals surface area contributed by atoms with Crippen molar-refractivity contribution < 1.29 is 0 Å². The highest BCUT2D eigenvalue weighted by Gasteiger charge is 2.00. The first-order valence-corrected chi connectivity index (χ1v) is 5.02. The summed E-state index contributed by atoms with van der Waals surface area (Å²) in [6.45, 7) is 7.87. The van der Waals surface area contributed by atoms with E-state index in [0.717, 1.165) is 24.2 Å². The van der Waals surface area contributed by atoms with E-state index in [4.69, 9.17) is 0 Å². The van der Waals surface area contributed by atoms with Crippen LogP contribution in [0.15, 0.2) is 31.0 Å². The van der Waals surface area contributed by atoms with Gasteiger partial charge in [0.05, 0.1) is 11.9 Å². The summed E-state index contributed by atoms with van der Waals surface area (Å²) in [7, 11) is 0. The van der Waals surface area contributed by atoms with Gasteiger partial charge in [-0.15, -0.1) is 6.58 Å². The van der Waals surface area contributed by atoms with E-state index in [1.807, 2.05) is 25.3 Å². The van der Waals surface area contributed by atoms with Gasteiger partial charge in [-0.25, -0.2) is 0 Å². The quantitative estimate of drug-likeness (QED) is 0.721. The van der Waals surface area contributed by atoms with Gasteiger partial charge in [-0.05, 0) is 38.8 Å². The zero-order valence-corrected chi connectivity index (χ0v) is 8.96. The topological polar surface area (TPSA) is 24.9 Å². The Morgan fingerprint density at radius 2 is 2.36 bits per heavy atom. The Hall–Kier alpha value is -1.31. The van der Waals surface area contributed by atoms with Gasteiger partial charge in [0.1, 0.15) is 0 Å². The fourth-order valence-corrected chi connectivity index (χ4v) is 1.28. The first kappa shape index (κ1) is 10.8. The Kier molecular flexibility index (Phi) is 4.17. The minimum Gasteiger partial charge on any atom is -0.381 e. The third kappa shape index (κ3) is 3.60. The number of aryl methyl sites for hydroxylation is 1. The van der Waals surface area contributed by atoms with Crippen molar-refractivity contribution in [2.75, 3.05) is 5.32 Å². The maximum Gasteiger partial charge on any atom is 0.0528 e. The van der Waals surface area contributed by atoms with Crippen LogP contribution in [0.4, 0.5) is 5.69 Å². The fraction of sp³-hybridized carbons (Fsp3) is 0.417. The third-order valence-electron chi connectivity index (χ3n) is 2.13. The van der Waals surface area contributed by atoms with Gasteiger partial charge in [-0.2, -0.15) is 0 Å². The van der Waals surface area contributed by atoms with Crippen LogP contribution >= 0.6 is 0 Å². The molecule has 1 rings (SSSR count). The monoisotopic (exact) mass is 190 g/mol. The molecule has 0 aliphatic carbocycles. The molecular weight excluding hydrogens is 172 g/mol. The molecule has 0 amide bonds. The molecule has 1 N–H and O–H groups in total. The number of nitrogens with one attached hydrogen (secondary N) is 1. The highest BCUT2D eigenvalue weighted by molar-refractivity contribution is 5.41. The first-order valence-electron chi connectivity index (χ1n) is 5.02. The molecule has 0 saturated carbocycles. The van der Waals surface area contributed by atoms with Crippen LogP contribution in [-0.2, 0) is 0 Å². The van der Waals surface area contributed by atoms with E-state index in [9.17, 15) is 0 Å². The van der Waals surface area contributed by atoms with Gasteiger partial charge >= 0.3 is 0 Å². The molecule has 0 fully saturated rings. The smallest absolute Gasteiger partial charge is 0.0528 e. The summed E-state index contributed by atoms with van der Waals surface area (Å²) in [5.41, 5.74) is 2.14. The molecule has 0 saturated heterocycles. The molecule has 0 aliphatic heterocycles. The summed E-state index contributed by atoms with van der Waals surface area (Å²) in [4.78, 5) is 4.23. The first-order chi connectivity index (χ1) is 6.72. The minimum atomic E-state index is 0.470. The molecule has 1 aromatic heterocycles. The van der Waals surface area contributed by atoms with E-state index in [-0.39, 0.29) is 0 Å². The Labute approximate surface area is 86.1 Å². The Morgan fingerprint density at radius 1 is 1.57 bits per heavy atom. The predicted molar refractivity (Wildman–Crippen MR) is 61.5 cm³/mol. The van der Waals surface area contributed by atoms with Gasteiger partial charge in [0, 0.05) is 11.7 Å². The lowest BCUT2D eigenvalue weighted by atomic mass is 10.2. The highest BCUT2D eigenvalue weighted by Crippen LogP contribution is 2.09. The molecule has 1 aromatic rings. The largest absolute Gasteiger partial charge is 0.381 e. The van der Waals surface area contributed by atoms with Gasteiger partial charge in [0.25, 0.3) is 0 Å². The lowest BCUT2D eigenvalue weighted by Crippen LogP contribution is -2.14. The van der Waals surface area contributed by atoms with Crippen LogP contribution in [0, 0.1) is 6.92 Å². The molecular formula is C12H18N2. The molecule has 0 aromatic carbocycles. The molecule has 0 radical (unpaired) electrons. The summed E-state index contributed by atoms with van der Waals surface area (Å²) < 4.78 is 0. The second-order valence-corrected chi connectivity index (χ2v) is 3.60. The van der Waals surface area contributed by atoms with E-state index < -0.39 is 0 Å². The van der Waals surface area contributed by atoms with Crippen molar-refractivity contribution in [3.8, 4) is 0 Å². The van der Waals surface area contributed by atoms with E-state index >= 15 is 0 Å². The van der Waals surface area contributed by atoms with Crippen LogP contribution in [0.2, 0.25) is 0 Å². The lowest BCUT2D eigenvalue weighted by Gasteiger charge is -2.13. The number of hydrogen-bond donors (Lipinski definition) is 1. The molecule has 0 spiro atoms. The summed E-state index contributed by atoms with van der Waals surface area (Å²) >= 11 is 0. The van der Waals surface area contributed by atoms with Crippen molar-refractivity contribution >= 4 is 5.69 Å². The number of allylic oxidation sites excluding steroid dienone is 1. The summed E-state index contributed by atoms with van der Waals surface area (Å²) in [6.07, 6.45) is 5.98. The van der Waals surface area contributed by atoms with Crippen molar-refractivity contribution in [3.63, 3.8) is 0 Å². The van der Waals surface area contributed by atoms with Crippen molar-refractivity contribution in [1.82, 2.24) is 4.98 Å². The normalized spacial score (nSPS) is 12.1. The minimum absolute atomic E-state index is 0.470. The van der Waals surface area contributed by atoms with Crippen molar-refractivity contribution in [2.45, 2.75) is 32.7 Å². The van der Waals surface area contributed by atoms with Gasteiger partial charge in [-0.3, -0.25) is 4.98 Å². The fourth-order valence-electron chi connectivity index (χ4n) is 1.28. The molecule has 0 bridgehead atoms. The van der Waals surface area contributed by atoms with Gasteiger partial charge in [0.15, 0.2) is 0 Å². The molecule has 2 heteroatoms. The van der Waals surface area contributed by atoms with E-state index in [1.54, 1.807) is 0 Å². The zero-order chi connectivity index (χ0) is 10.4. The van der Waals surface area contributed by atoms with E-state index in [1.165, 1.54) is 0 Å². The van der Waals surface area contributed by atoms with Crippen LogP contribution in [0.3, 0.4) is 0 Å². The maximum absolute atomic E-state index is 4.23. The van der Waals surface area contributed by atoms with Gasteiger partial charge in [0.2, 0.25) is 0 Å². The molecule has 0 unspecified atom stereocenters. The SMILES string of the molecule is C=CCC[C@@H](C)Nc1ccc(C)nc1. The predicted octanol–water partition coefficient (Wildman–Crippen LogP) is 3.16. The Morgan fingerprint density at radius 3 is 2.93 bits per heavy atom. The highest BCUT2D eigenvalue weighted by atomic mass is 14.9. The third-order valence-corrected chi connectivity index (χ3v) is 2.13. The summed E-state index contributed by atoms with van der Waals surface area (Å²) in [5.74, 6) is 0. The number of rotatable bonds is 5. The maximum atomic E-state index is 4.23. The molecule has 76 valence electrons. The molecule has 1 atom stereocenters. The van der Waals surface area contributed by atoms with Crippen LogP contribution in [-0.4, -0.2) is 11.0 Å². The van der Waals surface area contributed by atoms with Crippen molar-refractivity contribution in [2.24, 2.45) is 0 Å². The Bertz CT molecular complexity index is 277. The number of aromatic nitrogens is 1. The number of pyridine rings is 1. The zero-order valence-electron chi connectivity index (χ0n) is 8.96. The molecule has 14 heavy (non-hydrogen) atoms. The molecule has 2 nitrogen and oxygen atoms in total. The van der Waals surface area contributed by atoms with Crippen LogP contribution in [0.25, 0.3) is 0 Å². The van der Waals surface area contributed by atoms with Crippen molar-refractivity contribution in [3.05, 3.63) is 36.7 Å². The lowest BCUT2D eigenvalue weighted by molar-refractivity contribution is 0.718. The van der Waals surface area contributed by atoms with Crippen LogP contribution in [0.1, 0.15) is 25.5 Å². The van der Waals surface area contributed by atoms with Crippen LogP contribution < -0.4 is 5.32 Å². The Balaban J connectivity index is 2.43. The second-order valence-electron chi connectivity index (χ2n) is 3.60. The second kappa shape index (κ2) is 5.43. The molecule has 0 aliphatic rings. The standard InChI is InChI=1S/C12H18N2/c1-4-5-6-11(3)14-12-8-7-10(2)13-9-12/h4,7-9,11,14H,1,5-6H2,2-3H3/t11-/m1/s1. The van der Waals surface area contributed by atoms with E-state index in [0.29, 0.717) is 6.04 Å². The van der Waals surface area contributed by atoms with Gasteiger partial charge in [-0.1, -0.05) is 6.08 Å². The van der Waals surface area contributed by atoms with Crippen molar-refractivity contribution in [1.29, 1.82) is 0 Å². The summed E-state index contributed by atoms with van der Waals surface area (Å²) in [6, 6.07) is 4.55. The summed E-state index contributed by atoms with van der Waals surface area (Å²) in [5, 5.41) is 3.39. The average Bonchev–Trinajstić information content (AvgIpc) is 2.18. The molecule has 1 heterocycles. The number of hydrogen-bond acceptors (Lipinski definition) is 2.